The highest BCUT2D eigenvalue weighted by Gasteiger charge is 2.20. The van der Waals surface area contributed by atoms with Crippen molar-refractivity contribution in [3.05, 3.63) is 75.6 Å². The molecule has 0 aliphatic carbocycles. The van der Waals surface area contributed by atoms with Crippen LogP contribution in [-0.4, -0.2) is 4.92 Å². The van der Waals surface area contributed by atoms with E-state index in [-0.39, 0.29) is 28.4 Å². The number of hydrogen-bond acceptors (Lipinski definition) is 5. The maximum absolute atomic E-state index is 11.1. The van der Waals surface area contributed by atoms with E-state index in [1.165, 1.54) is 23.5 Å². The first-order valence-corrected chi connectivity index (χ1v) is 8.94. The minimum absolute atomic E-state index is 0. The van der Waals surface area contributed by atoms with Crippen LogP contribution in [0.4, 0.5) is 22.2 Å². The molecule has 2 aromatic carbocycles. The molecule has 0 fully saturated rings. The first-order valence-electron chi connectivity index (χ1n) is 7.68. The van der Waals surface area contributed by atoms with E-state index in [0.29, 0.717) is 17.3 Å². The van der Waals surface area contributed by atoms with E-state index in [2.05, 4.69) is 11.9 Å². The molecule has 0 unspecified atom stereocenters. The molecule has 0 atom stereocenters. The fourth-order valence-corrected chi connectivity index (χ4v) is 3.59. The van der Waals surface area contributed by atoms with Gasteiger partial charge in [-0.3, -0.25) is 10.1 Å². The van der Waals surface area contributed by atoms with E-state index in [1.54, 1.807) is 12.1 Å². The monoisotopic (exact) mass is 466 g/mol. The van der Waals surface area contributed by atoms with Gasteiger partial charge in [-0.15, -0.1) is 0 Å². The van der Waals surface area contributed by atoms with Crippen LogP contribution in [-0.2, 0) is 6.54 Å². The molecule has 3 aromatic rings. The normalized spacial score (nSPS) is 10.1. The van der Waals surface area contributed by atoms with Gasteiger partial charge in [-0.05, 0) is 36.4 Å². The van der Waals surface area contributed by atoms with E-state index in [0.717, 1.165) is 16.4 Å². The third-order valence-electron chi connectivity index (χ3n) is 3.75. The number of nitrogens with zero attached hydrogens (tertiary/aromatic N) is 2. The van der Waals surface area contributed by atoms with Crippen LogP contribution < -0.4 is 32.6 Å². The minimum atomic E-state index is -0.494. The van der Waals surface area contributed by atoms with Gasteiger partial charge < -0.3 is 22.7 Å². The highest BCUT2D eigenvalue weighted by Crippen LogP contribution is 2.30. The lowest BCUT2D eigenvalue weighted by molar-refractivity contribution is -0.657. The number of rotatable bonds is 6. The first kappa shape index (κ1) is 20.9. The predicted molar refractivity (Wildman–Crippen MR) is 106 cm³/mol. The standard InChI is InChI=1S/C18H15ClN4O2S.BrH/c1-2-9-22-17(12-3-5-13(19)6-4-12)11-26-18(22)21-14-7-8-15(20)16(10-14)23(24)25;/h2-8,10-11H,1,9,20H2;1H. The largest absolute Gasteiger partial charge is 1.00 e. The van der Waals surface area contributed by atoms with Gasteiger partial charge in [0.2, 0.25) is 0 Å². The van der Waals surface area contributed by atoms with E-state index in [9.17, 15) is 10.1 Å². The molecule has 0 aliphatic rings. The van der Waals surface area contributed by atoms with Crippen molar-refractivity contribution in [3.8, 4) is 11.3 Å². The van der Waals surface area contributed by atoms with Crippen molar-refractivity contribution in [2.75, 3.05) is 11.1 Å². The summed E-state index contributed by atoms with van der Waals surface area (Å²) in [5.41, 5.74) is 8.27. The summed E-state index contributed by atoms with van der Waals surface area (Å²) in [6.07, 6.45) is 1.79. The molecule has 9 heteroatoms. The topological polar surface area (TPSA) is 85.1 Å². The average Bonchev–Trinajstić information content (AvgIpc) is 3.00. The molecule has 0 aliphatic heterocycles. The van der Waals surface area contributed by atoms with Gasteiger partial charge in [0.1, 0.15) is 23.6 Å². The van der Waals surface area contributed by atoms with Crippen molar-refractivity contribution in [2.45, 2.75) is 6.54 Å². The Morgan fingerprint density at radius 3 is 2.63 bits per heavy atom. The zero-order valence-electron chi connectivity index (χ0n) is 14.1. The highest BCUT2D eigenvalue weighted by atomic mass is 79.9. The Balaban J connectivity index is 0.00000261. The number of nitro groups is 1. The molecule has 0 radical (unpaired) electrons. The Morgan fingerprint density at radius 2 is 2.00 bits per heavy atom. The number of nitrogens with one attached hydrogen (secondary N) is 1. The molecule has 0 amide bonds. The molecule has 3 rings (SSSR count). The van der Waals surface area contributed by atoms with Gasteiger partial charge >= 0.3 is 5.13 Å². The van der Waals surface area contributed by atoms with Gasteiger partial charge in [0.25, 0.3) is 5.69 Å². The summed E-state index contributed by atoms with van der Waals surface area (Å²) < 4.78 is 2.04. The number of nitrogens with two attached hydrogens (primary N) is 1. The summed E-state index contributed by atoms with van der Waals surface area (Å²) in [5, 5.41) is 17.8. The number of thiazole rings is 1. The van der Waals surface area contributed by atoms with Gasteiger partial charge in [0, 0.05) is 16.0 Å². The van der Waals surface area contributed by atoms with Crippen LogP contribution >= 0.6 is 22.9 Å². The molecule has 1 heterocycles. The lowest BCUT2D eigenvalue weighted by atomic mass is 10.2. The lowest BCUT2D eigenvalue weighted by Gasteiger charge is -2.05. The fourth-order valence-electron chi connectivity index (χ4n) is 2.50. The van der Waals surface area contributed by atoms with Gasteiger partial charge in [0.15, 0.2) is 0 Å². The fraction of sp³-hybridized carbons (Fsp3) is 0.0556. The maximum atomic E-state index is 11.1. The molecular weight excluding hydrogens is 452 g/mol. The molecule has 1 aromatic heterocycles. The molecule has 0 spiro atoms. The Morgan fingerprint density at radius 1 is 1.30 bits per heavy atom. The Hall–Kier alpha value is -2.42. The number of halogens is 2. The number of hydrogen-bond donors (Lipinski definition) is 2. The van der Waals surface area contributed by atoms with E-state index >= 15 is 0 Å². The molecule has 3 N–H and O–H groups in total. The lowest BCUT2D eigenvalue weighted by Crippen LogP contribution is -3.00. The molecule has 0 saturated carbocycles. The van der Waals surface area contributed by atoms with Crippen molar-refractivity contribution in [3.63, 3.8) is 0 Å². The van der Waals surface area contributed by atoms with Crippen LogP contribution in [0.2, 0.25) is 5.02 Å². The summed E-state index contributed by atoms with van der Waals surface area (Å²) in [6, 6.07) is 12.2. The Kier molecular flexibility index (Phi) is 6.95. The summed E-state index contributed by atoms with van der Waals surface area (Å²) in [7, 11) is 0. The second kappa shape index (κ2) is 8.98. The van der Waals surface area contributed by atoms with Crippen molar-refractivity contribution < 1.29 is 26.5 Å². The number of aromatic nitrogens is 1. The van der Waals surface area contributed by atoms with Gasteiger partial charge in [-0.2, -0.15) is 0 Å². The number of benzene rings is 2. The Bertz CT molecular complexity index is 976. The average molecular weight is 468 g/mol. The number of nitrogen functional groups attached to an aromatic ring is 1. The zero-order valence-corrected chi connectivity index (χ0v) is 17.2. The Labute approximate surface area is 175 Å². The third kappa shape index (κ3) is 4.65. The summed E-state index contributed by atoms with van der Waals surface area (Å²) in [5.74, 6) is 0. The predicted octanol–water partition coefficient (Wildman–Crippen LogP) is 1.78. The smallest absolute Gasteiger partial charge is 0.339 e. The second-order valence-electron chi connectivity index (χ2n) is 5.49. The number of anilines is 3. The summed E-state index contributed by atoms with van der Waals surface area (Å²) in [4.78, 5) is 10.6. The SMILES string of the molecule is C=CC[n+]1c(-c2ccc(Cl)cc2)csc1Nc1ccc(N)c([N+](=O)[O-])c1.[Br-]. The highest BCUT2D eigenvalue weighted by molar-refractivity contribution is 7.13. The van der Waals surface area contributed by atoms with Crippen LogP contribution in [0.5, 0.6) is 0 Å². The maximum Gasteiger partial charge on any atom is 0.339 e. The number of allylic oxidation sites excluding steroid dienone is 1. The molecular formula is C18H16BrClN4O2S. The van der Waals surface area contributed by atoms with Crippen molar-refractivity contribution in [1.29, 1.82) is 0 Å². The van der Waals surface area contributed by atoms with Gasteiger partial charge in [0.05, 0.1) is 11.0 Å². The van der Waals surface area contributed by atoms with Crippen molar-refractivity contribution in [1.82, 2.24) is 0 Å². The molecule has 0 saturated heterocycles. The van der Waals surface area contributed by atoms with Crippen LogP contribution in [0.1, 0.15) is 0 Å². The van der Waals surface area contributed by atoms with Gasteiger partial charge in [-0.1, -0.05) is 35.6 Å². The molecule has 27 heavy (non-hydrogen) atoms. The first-order chi connectivity index (χ1) is 12.5. The molecule has 140 valence electrons. The van der Waals surface area contributed by atoms with E-state index in [4.69, 9.17) is 17.3 Å². The second-order valence-corrected chi connectivity index (χ2v) is 6.78. The van der Waals surface area contributed by atoms with Gasteiger partial charge in [-0.25, -0.2) is 9.88 Å². The third-order valence-corrected chi connectivity index (χ3v) is 4.89. The van der Waals surface area contributed by atoms with Crippen LogP contribution in [0.3, 0.4) is 0 Å². The zero-order chi connectivity index (χ0) is 18.7. The van der Waals surface area contributed by atoms with Crippen molar-refractivity contribution >= 4 is 45.1 Å². The molecule has 0 bridgehead atoms. The number of nitro benzene ring substituents is 1. The quantitative estimate of drug-likeness (QED) is 0.190. The van der Waals surface area contributed by atoms with E-state index in [1.807, 2.05) is 34.2 Å². The van der Waals surface area contributed by atoms with E-state index < -0.39 is 4.92 Å². The summed E-state index contributed by atoms with van der Waals surface area (Å²) >= 11 is 7.47. The van der Waals surface area contributed by atoms with Crippen LogP contribution in [0.15, 0.2) is 60.5 Å². The van der Waals surface area contributed by atoms with Crippen LogP contribution in [0, 0.1) is 10.1 Å². The van der Waals surface area contributed by atoms with Crippen molar-refractivity contribution in [2.24, 2.45) is 0 Å². The molecule has 6 nitrogen and oxygen atoms in total. The van der Waals surface area contributed by atoms with Crippen LogP contribution in [0.25, 0.3) is 11.3 Å². The summed E-state index contributed by atoms with van der Waals surface area (Å²) in [6.45, 7) is 4.39. The minimum Gasteiger partial charge on any atom is -1.00 e.